The van der Waals surface area contributed by atoms with Gasteiger partial charge in [-0.1, -0.05) is 30.3 Å². The molecule has 5 heteroatoms. The zero-order valence-electron chi connectivity index (χ0n) is 12.2. The molecule has 5 nitrogen and oxygen atoms in total. The first kappa shape index (κ1) is 16.2. The fraction of sp³-hybridized carbons (Fsp3) is 0.467. The van der Waals surface area contributed by atoms with E-state index in [2.05, 4.69) is 5.32 Å². The standard InChI is InChI=1S/C15H22N2O3/c1-15(2,3)17-13(18)9-12(16)14(19)20-10-11-7-5-4-6-8-11/h4-8,12H,9-10,16H2,1-3H3,(H,17,18)/t12-/m0/s1. The molecule has 0 saturated carbocycles. The summed E-state index contributed by atoms with van der Waals surface area (Å²) in [7, 11) is 0. The molecule has 0 aromatic heterocycles. The highest BCUT2D eigenvalue weighted by Crippen LogP contribution is 2.04. The van der Waals surface area contributed by atoms with Crippen molar-refractivity contribution in [3.05, 3.63) is 35.9 Å². The van der Waals surface area contributed by atoms with Gasteiger partial charge in [-0.15, -0.1) is 0 Å². The third kappa shape index (κ3) is 6.33. The largest absolute Gasteiger partial charge is 0.460 e. The second kappa shape index (κ2) is 7.05. The van der Waals surface area contributed by atoms with E-state index in [-0.39, 0.29) is 24.5 Å². The number of carbonyl (C=O) groups is 2. The number of nitrogens with two attached hydrogens (primary N) is 1. The molecular formula is C15H22N2O3. The Hall–Kier alpha value is -1.88. The van der Waals surface area contributed by atoms with E-state index in [1.165, 1.54) is 0 Å². The number of hydrogen-bond acceptors (Lipinski definition) is 4. The Morgan fingerprint density at radius 3 is 2.40 bits per heavy atom. The van der Waals surface area contributed by atoms with E-state index in [1.54, 1.807) is 0 Å². The first-order valence-electron chi connectivity index (χ1n) is 6.55. The Bertz CT molecular complexity index is 452. The van der Waals surface area contributed by atoms with Crippen LogP contribution in [0.5, 0.6) is 0 Å². The average molecular weight is 278 g/mol. The fourth-order valence-electron chi connectivity index (χ4n) is 1.59. The lowest BCUT2D eigenvalue weighted by atomic mass is 10.1. The Morgan fingerprint density at radius 1 is 1.25 bits per heavy atom. The maximum Gasteiger partial charge on any atom is 0.323 e. The van der Waals surface area contributed by atoms with Gasteiger partial charge in [-0.25, -0.2) is 0 Å². The molecule has 0 saturated heterocycles. The lowest BCUT2D eigenvalue weighted by Gasteiger charge is -2.21. The van der Waals surface area contributed by atoms with Crippen LogP contribution in [-0.4, -0.2) is 23.5 Å². The zero-order chi connectivity index (χ0) is 15.2. The van der Waals surface area contributed by atoms with E-state index in [0.29, 0.717) is 0 Å². The van der Waals surface area contributed by atoms with Crippen LogP contribution >= 0.6 is 0 Å². The Balaban J connectivity index is 2.38. The average Bonchev–Trinajstić information content (AvgIpc) is 2.34. The van der Waals surface area contributed by atoms with Crippen molar-refractivity contribution in [1.82, 2.24) is 5.32 Å². The van der Waals surface area contributed by atoms with Crippen molar-refractivity contribution < 1.29 is 14.3 Å². The number of ether oxygens (including phenoxy) is 1. The van der Waals surface area contributed by atoms with Crippen LogP contribution in [0.2, 0.25) is 0 Å². The van der Waals surface area contributed by atoms with Crippen molar-refractivity contribution in [3.8, 4) is 0 Å². The van der Waals surface area contributed by atoms with Gasteiger partial charge in [0.25, 0.3) is 0 Å². The summed E-state index contributed by atoms with van der Waals surface area (Å²) in [5, 5.41) is 2.75. The first-order valence-corrected chi connectivity index (χ1v) is 6.55. The summed E-state index contributed by atoms with van der Waals surface area (Å²) in [4.78, 5) is 23.3. The SMILES string of the molecule is CC(C)(C)NC(=O)C[C@H](N)C(=O)OCc1ccccc1. The van der Waals surface area contributed by atoms with Gasteiger partial charge < -0.3 is 15.8 Å². The van der Waals surface area contributed by atoms with E-state index < -0.39 is 12.0 Å². The normalized spacial score (nSPS) is 12.6. The first-order chi connectivity index (χ1) is 9.28. The van der Waals surface area contributed by atoms with Gasteiger partial charge in [0, 0.05) is 5.54 Å². The van der Waals surface area contributed by atoms with Gasteiger partial charge in [-0.05, 0) is 26.3 Å². The highest BCUT2D eigenvalue weighted by molar-refractivity contribution is 5.85. The number of rotatable bonds is 5. The summed E-state index contributed by atoms with van der Waals surface area (Å²) < 4.78 is 5.08. The van der Waals surface area contributed by atoms with Gasteiger partial charge >= 0.3 is 5.97 Å². The molecule has 0 aliphatic rings. The van der Waals surface area contributed by atoms with E-state index in [1.807, 2.05) is 51.1 Å². The highest BCUT2D eigenvalue weighted by Gasteiger charge is 2.21. The van der Waals surface area contributed by atoms with Crippen molar-refractivity contribution in [1.29, 1.82) is 0 Å². The van der Waals surface area contributed by atoms with Gasteiger partial charge in [0.05, 0.1) is 6.42 Å². The molecule has 0 spiro atoms. The summed E-state index contributed by atoms with van der Waals surface area (Å²) in [6.07, 6.45) is -0.0785. The molecule has 3 N–H and O–H groups in total. The molecule has 1 aromatic carbocycles. The second-order valence-electron chi connectivity index (χ2n) is 5.70. The van der Waals surface area contributed by atoms with Crippen molar-refractivity contribution in [2.45, 2.75) is 45.4 Å². The van der Waals surface area contributed by atoms with Gasteiger partial charge in [-0.3, -0.25) is 9.59 Å². The summed E-state index contributed by atoms with van der Waals surface area (Å²) in [5.41, 5.74) is 6.20. The number of amides is 1. The fourth-order valence-corrected chi connectivity index (χ4v) is 1.59. The smallest absolute Gasteiger partial charge is 0.323 e. The molecule has 0 heterocycles. The van der Waals surface area contributed by atoms with Crippen molar-refractivity contribution >= 4 is 11.9 Å². The molecule has 110 valence electrons. The molecule has 0 aliphatic carbocycles. The van der Waals surface area contributed by atoms with Crippen LogP contribution in [0.15, 0.2) is 30.3 Å². The summed E-state index contributed by atoms with van der Waals surface area (Å²) in [6, 6.07) is 8.37. The van der Waals surface area contributed by atoms with Crippen LogP contribution in [0.4, 0.5) is 0 Å². The van der Waals surface area contributed by atoms with Gasteiger partial charge in [0.1, 0.15) is 12.6 Å². The molecule has 1 aromatic rings. The maximum atomic E-state index is 11.7. The number of carbonyl (C=O) groups excluding carboxylic acids is 2. The maximum absolute atomic E-state index is 11.7. The molecule has 20 heavy (non-hydrogen) atoms. The van der Waals surface area contributed by atoms with E-state index >= 15 is 0 Å². The summed E-state index contributed by atoms with van der Waals surface area (Å²) in [6.45, 7) is 5.76. The lowest BCUT2D eigenvalue weighted by molar-refractivity contribution is -0.148. The van der Waals surface area contributed by atoms with Gasteiger partial charge in [0.2, 0.25) is 5.91 Å². The molecule has 0 bridgehead atoms. The molecular weight excluding hydrogens is 256 g/mol. The number of nitrogens with one attached hydrogen (secondary N) is 1. The van der Waals surface area contributed by atoms with E-state index in [9.17, 15) is 9.59 Å². The van der Waals surface area contributed by atoms with Crippen LogP contribution in [0, 0.1) is 0 Å². The molecule has 1 rings (SSSR count). The number of hydrogen-bond donors (Lipinski definition) is 2. The predicted octanol–water partition coefficient (Wildman–Crippen LogP) is 1.36. The zero-order valence-corrected chi connectivity index (χ0v) is 12.2. The van der Waals surface area contributed by atoms with Crippen LogP contribution < -0.4 is 11.1 Å². The molecule has 1 amide bonds. The summed E-state index contributed by atoms with van der Waals surface area (Å²) in [5.74, 6) is -0.834. The van der Waals surface area contributed by atoms with Gasteiger partial charge in [-0.2, -0.15) is 0 Å². The third-order valence-corrected chi connectivity index (χ3v) is 2.45. The highest BCUT2D eigenvalue weighted by atomic mass is 16.5. The van der Waals surface area contributed by atoms with Crippen molar-refractivity contribution in [2.24, 2.45) is 5.73 Å². The van der Waals surface area contributed by atoms with E-state index in [0.717, 1.165) is 5.56 Å². The Labute approximate surface area is 119 Å². The van der Waals surface area contributed by atoms with Crippen LogP contribution in [-0.2, 0) is 20.9 Å². The number of esters is 1. The monoisotopic (exact) mass is 278 g/mol. The molecule has 1 atom stereocenters. The second-order valence-corrected chi connectivity index (χ2v) is 5.70. The lowest BCUT2D eigenvalue weighted by Crippen LogP contribution is -2.44. The minimum atomic E-state index is -0.943. The van der Waals surface area contributed by atoms with Crippen LogP contribution in [0.3, 0.4) is 0 Å². The van der Waals surface area contributed by atoms with E-state index in [4.69, 9.17) is 10.5 Å². The predicted molar refractivity (Wildman–Crippen MR) is 76.7 cm³/mol. The molecule has 0 unspecified atom stereocenters. The van der Waals surface area contributed by atoms with Crippen molar-refractivity contribution in [2.75, 3.05) is 0 Å². The Kier molecular flexibility index (Phi) is 5.70. The number of benzene rings is 1. The molecule has 0 radical (unpaired) electrons. The Morgan fingerprint density at radius 2 is 1.85 bits per heavy atom. The quantitative estimate of drug-likeness (QED) is 0.797. The van der Waals surface area contributed by atoms with Crippen LogP contribution in [0.25, 0.3) is 0 Å². The molecule has 0 fully saturated rings. The topological polar surface area (TPSA) is 81.4 Å². The minimum Gasteiger partial charge on any atom is -0.460 e. The third-order valence-electron chi connectivity index (χ3n) is 2.45. The van der Waals surface area contributed by atoms with Gasteiger partial charge in [0.15, 0.2) is 0 Å². The van der Waals surface area contributed by atoms with Crippen molar-refractivity contribution in [3.63, 3.8) is 0 Å². The summed E-state index contributed by atoms with van der Waals surface area (Å²) >= 11 is 0. The minimum absolute atomic E-state index is 0.0785. The molecule has 0 aliphatic heterocycles. The van der Waals surface area contributed by atoms with Crippen LogP contribution in [0.1, 0.15) is 32.8 Å².